The molecule has 0 heterocycles. The Bertz CT molecular complexity index is 198. The van der Waals surface area contributed by atoms with Crippen LogP contribution >= 0.6 is 0 Å². The lowest BCUT2D eigenvalue weighted by atomic mass is 10.5. The highest BCUT2D eigenvalue weighted by Crippen LogP contribution is 1.74. The van der Waals surface area contributed by atoms with Gasteiger partial charge >= 0.3 is 11.9 Å². The minimum absolute atomic E-state index is 0.627. The topological polar surface area (TPSA) is 63.6 Å². The molecule has 0 unspecified atom stereocenters. The van der Waals surface area contributed by atoms with Gasteiger partial charge in [-0.3, -0.25) is 0 Å². The first kappa shape index (κ1) is 8.46. The number of hydrogen-bond acceptors (Lipinski definition) is 3. The summed E-state index contributed by atoms with van der Waals surface area (Å²) < 4.78 is 4.16. The number of carbonyl (C=O) groups is 2. The van der Waals surface area contributed by atoms with Crippen LogP contribution in [-0.4, -0.2) is 24.2 Å². The number of aliphatic carboxylic acids is 1. The number of ether oxygens (including phenoxy) is 1. The fourth-order valence-corrected chi connectivity index (χ4v) is 0.240. The van der Waals surface area contributed by atoms with E-state index in [4.69, 9.17) is 5.11 Å². The minimum atomic E-state index is -1.15. The molecule has 0 amide bonds. The number of rotatable bonds is 2. The van der Waals surface area contributed by atoms with Crippen LogP contribution in [0.1, 0.15) is 0 Å². The van der Waals surface area contributed by atoms with Crippen molar-refractivity contribution in [1.29, 1.82) is 0 Å². The quantitative estimate of drug-likeness (QED) is 0.333. The molecule has 4 nitrogen and oxygen atoms in total. The van der Waals surface area contributed by atoms with Gasteiger partial charge in [0.25, 0.3) is 0 Å². The number of methoxy groups -OCH3 is 1. The summed E-state index contributed by atoms with van der Waals surface area (Å²) in [7, 11) is 1.20. The van der Waals surface area contributed by atoms with E-state index in [0.29, 0.717) is 0 Å². The van der Waals surface area contributed by atoms with Crippen LogP contribution in [0.2, 0.25) is 0 Å². The van der Waals surface area contributed by atoms with Gasteiger partial charge in [-0.2, -0.15) is 0 Å². The first-order chi connectivity index (χ1) is 4.66. The molecule has 0 spiro atoms. The van der Waals surface area contributed by atoms with Crippen LogP contribution in [0.15, 0.2) is 17.9 Å². The molecular weight excluding hydrogens is 136 g/mol. The van der Waals surface area contributed by atoms with Crippen molar-refractivity contribution in [3.8, 4) is 0 Å². The van der Waals surface area contributed by atoms with Crippen LogP contribution in [-0.2, 0) is 14.3 Å². The molecule has 0 rings (SSSR count). The second kappa shape index (κ2) is 4.35. The summed E-state index contributed by atoms with van der Waals surface area (Å²) in [5, 5.41) is 8.01. The van der Waals surface area contributed by atoms with E-state index in [1.165, 1.54) is 7.11 Å². The lowest BCUT2D eigenvalue weighted by molar-refractivity contribution is -0.134. The highest BCUT2D eigenvalue weighted by atomic mass is 16.5. The van der Waals surface area contributed by atoms with Gasteiger partial charge < -0.3 is 9.84 Å². The van der Waals surface area contributed by atoms with Crippen LogP contribution in [0.5, 0.6) is 0 Å². The third-order valence-electron chi connectivity index (χ3n) is 0.609. The molecule has 0 radical (unpaired) electrons. The van der Waals surface area contributed by atoms with Crippen molar-refractivity contribution in [2.45, 2.75) is 0 Å². The van der Waals surface area contributed by atoms with E-state index in [2.05, 4.69) is 10.5 Å². The van der Waals surface area contributed by atoms with Gasteiger partial charge in [-0.15, -0.1) is 5.73 Å². The minimum Gasteiger partial charge on any atom is -0.478 e. The predicted molar refractivity (Wildman–Crippen MR) is 32.3 cm³/mol. The van der Waals surface area contributed by atoms with Gasteiger partial charge in [0.15, 0.2) is 0 Å². The number of hydrogen-bond donors (Lipinski definition) is 1. The zero-order chi connectivity index (χ0) is 7.98. The normalized spacial score (nSPS) is 7.30. The van der Waals surface area contributed by atoms with Crippen molar-refractivity contribution in [3.05, 3.63) is 17.9 Å². The van der Waals surface area contributed by atoms with Crippen molar-refractivity contribution in [2.24, 2.45) is 0 Å². The summed E-state index contributed by atoms with van der Waals surface area (Å²) in [6.07, 6.45) is 1.62. The maximum absolute atomic E-state index is 10.2. The third-order valence-corrected chi connectivity index (χ3v) is 0.609. The maximum atomic E-state index is 10.2. The molecule has 0 fully saturated rings. The van der Waals surface area contributed by atoms with Gasteiger partial charge in [0, 0.05) is 0 Å². The Morgan fingerprint density at radius 1 is 1.50 bits per heavy atom. The Morgan fingerprint density at radius 2 is 2.10 bits per heavy atom. The molecule has 0 aromatic carbocycles. The second-order valence-corrected chi connectivity index (χ2v) is 1.32. The van der Waals surface area contributed by atoms with Crippen molar-refractivity contribution in [3.63, 3.8) is 0 Å². The SMILES string of the molecule is COC(=O)C=C=CC(=O)O. The first-order valence-corrected chi connectivity index (χ1v) is 2.40. The van der Waals surface area contributed by atoms with E-state index >= 15 is 0 Å². The van der Waals surface area contributed by atoms with E-state index in [-0.39, 0.29) is 0 Å². The van der Waals surface area contributed by atoms with Crippen LogP contribution < -0.4 is 0 Å². The van der Waals surface area contributed by atoms with E-state index < -0.39 is 11.9 Å². The molecule has 0 aliphatic rings. The summed E-state index contributed by atoms with van der Waals surface area (Å²) in [5.41, 5.74) is 2.11. The first-order valence-electron chi connectivity index (χ1n) is 2.40. The number of esters is 1. The molecule has 0 bridgehead atoms. The fourth-order valence-electron chi connectivity index (χ4n) is 0.240. The zero-order valence-corrected chi connectivity index (χ0v) is 5.33. The average Bonchev–Trinajstić information content (AvgIpc) is 1.87. The molecule has 0 saturated heterocycles. The number of carboxylic acids is 1. The van der Waals surface area contributed by atoms with Crippen molar-refractivity contribution >= 4 is 11.9 Å². The number of carbonyl (C=O) groups excluding carboxylic acids is 1. The molecule has 4 heteroatoms. The summed E-state index contributed by atoms with van der Waals surface area (Å²) >= 11 is 0. The summed E-state index contributed by atoms with van der Waals surface area (Å²) in [5.74, 6) is -1.78. The zero-order valence-electron chi connectivity index (χ0n) is 5.33. The van der Waals surface area contributed by atoms with Gasteiger partial charge in [-0.25, -0.2) is 9.59 Å². The van der Waals surface area contributed by atoms with Gasteiger partial charge in [0.05, 0.1) is 19.3 Å². The smallest absolute Gasteiger partial charge is 0.338 e. The van der Waals surface area contributed by atoms with Gasteiger partial charge in [-0.1, -0.05) is 0 Å². The van der Waals surface area contributed by atoms with E-state index in [0.717, 1.165) is 12.2 Å². The maximum Gasteiger partial charge on any atom is 0.338 e. The monoisotopic (exact) mass is 142 g/mol. The van der Waals surface area contributed by atoms with Gasteiger partial charge in [0.1, 0.15) is 0 Å². The van der Waals surface area contributed by atoms with Gasteiger partial charge in [-0.05, 0) is 0 Å². The summed E-state index contributed by atoms with van der Waals surface area (Å²) in [6.45, 7) is 0. The molecule has 10 heavy (non-hydrogen) atoms. The number of carboxylic acid groups (broad SMARTS) is 1. The highest BCUT2D eigenvalue weighted by molar-refractivity contribution is 5.84. The van der Waals surface area contributed by atoms with E-state index in [1.807, 2.05) is 0 Å². The van der Waals surface area contributed by atoms with Crippen LogP contribution in [0.3, 0.4) is 0 Å². The molecule has 0 saturated carbocycles. The molecule has 0 aliphatic carbocycles. The van der Waals surface area contributed by atoms with Crippen LogP contribution in [0.4, 0.5) is 0 Å². The Balaban J connectivity index is 3.98. The predicted octanol–water partition coefficient (Wildman–Crippen LogP) is -0.0447. The third kappa shape index (κ3) is 4.61. The molecule has 0 aliphatic heterocycles. The van der Waals surface area contributed by atoms with Crippen molar-refractivity contribution in [1.82, 2.24) is 0 Å². The highest BCUT2D eigenvalue weighted by Gasteiger charge is 1.87. The molecule has 0 atom stereocenters. The van der Waals surface area contributed by atoms with E-state index in [1.54, 1.807) is 0 Å². The Morgan fingerprint density at radius 3 is 2.50 bits per heavy atom. The lowest BCUT2D eigenvalue weighted by Crippen LogP contribution is -1.92. The molecule has 1 N–H and O–H groups in total. The molecule has 0 aromatic rings. The van der Waals surface area contributed by atoms with Crippen molar-refractivity contribution < 1.29 is 19.4 Å². The Hall–Kier alpha value is -1.54. The summed E-state index contributed by atoms with van der Waals surface area (Å²) in [4.78, 5) is 20.0. The average molecular weight is 142 g/mol. The summed E-state index contributed by atoms with van der Waals surface area (Å²) in [6, 6.07) is 0. The van der Waals surface area contributed by atoms with Crippen LogP contribution in [0, 0.1) is 0 Å². The standard InChI is InChI=1S/C6H6O4/c1-10-6(9)4-2-3-5(7)8/h3-4H,1H3,(H,7,8). The fraction of sp³-hybridized carbons (Fsp3) is 0.167. The molecular formula is C6H6O4. The largest absolute Gasteiger partial charge is 0.478 e. The Kier molecular flexibility index (Phi) is 3.68. The van der Waals surface area contributed by atoms with E-state index in [9.17, 15) is 9.59 Å². The molecule has 0 aromatic heterocycles. The molecule has 54 valence electrons. The lowest BCUT2D eigenvalue weighted by Gasteiger charge is -1.83. The second-order valence-electron chi connectivity index (χ2n) is 1.32. The van der Waals surface area contributed by atoms with Crippen molar-refractivity contribution in [2.75, 3.05) is 7.11 Å². The Labute approximate surface area is 57.4 Å². The van der Waals surface area contributed by atoms with Gasteiger partial charge in [0.2, 0.25) is 0 Å². The van der Waals surface area contributed by atoms with Crippen LogP contribution in [0.25, 0.3) is 0 Å².